The summed E-state index contributed by atoms with van der Waals surface area (Å²) in [4.78, 5) is 0. The van der Waals surface area contributed by atoms with Gasteiger partial charge in [0.05, 0.1) is 12.4 Å². The Morgan fingerprint density at radius 3 is 2.41 bits per heavy atom. The third kappa shape index (κ3) is 3.20. The minimum Gasteiger partial charge on any atom is -0.496 e. The van der Waals surface area contributed by atoms with Crippen LogP contribution in [0.3, 0.4) is 0 Å². The van der Waals surface area contributed by atoms with Crippen molar-refractivity contribution >= 4 is 10.0 Å². The molecule has 0 aliphatic carbocycles. The molecular formula is C12H19NO3S. The first-order valence-corrected chi connectivity index (χ1v) is 6.97. The van der Waals surface area contributed by atoms with Gasteiger partial charge in [-0.1, -0.05) is 18.2 Å². The van der Waals surface area contributed by atoms with Crippen LogP contribution in [0.5, 0.6) is 5.75 Å². The minimum absolute atomic E-state index is 0.324. The number of methoxy groups -OCH3 is 1. The van der Waals surface area contributed by atoms with E-state index in [-0.39, 0.29) is 0 Å². The summed E-state index contributed by atoms with van der Waals surface area (Å²) in [6.45, 7) is 3.67. The molecule has 0 aromatic heterocycles. The number of rotatable bonds is 5. The van der Waals surface area contributed by atoms with E-state index in [1.54, 1.807) is 28.0 Å². The molecule has 0 atom stereocenters. The molecule has 1 rings (SSSR count). The lowest BCUT2D eigenvalue weighted by Gasteiger charge is -2.20. The Balaban J connectivity index is 2.92. The van der Waals surface area contributed by atoms with Crippen molar-refractivity contribution < 1.29 is 13.2 Å². The van der Waals surface area contributed by atoms with Crippen molar-refractivity contribution in [1.29, 1.82) is 0 Å². The summed E-state index contributed by atoms with van der Waals surface area (Å²) in [6, 6.07) is 7.42. The number of para-hydroxylation sites is 1. The highest BCUT2D eigenvalue weighted by atomic mass is 32.2. The van der Waals surface area contributed by atoms with Crippen molar-refractivity contribution in [1.82, 2.24) is 4.31 Å². The maximum atomic E-state index is 11.9. The van der Waals surface area contributed by atoms with Crippen molar-refractivity contribution in [2.75, 3.05) is 14.2 Å². The Morgan fingerprint density at radius 2 is 1.88 bits per heavy atom. The zero-order chi connectivity index (χ0) is 13.1. The van der Waals surface area contributed by atoms with Gasteiger partial charge in [0.15, 0.2) is 0 Å². The molecule has 0 saturated carbocycles. The number of nitrogens with zero attached hydrogens (tertiary/aromatic N) is 1. The van der Waals surface area contributed by atoms with Crippen LogP contribution in [0.2, 0.25) is 0 Å². The first-order chi connectivity index (χ1) is 7.89. The lowest BCUT2D eigenvalue weighted by Crippen LogP contribution is -2.32. The summed E-state index contributed by atoms with van der Waals surface area (Å²) in [6.07, 6.45) is 0. The zero-order valence-electron chi connectivity index (χ0n) is 10.7. The lowest BCUT2D eigenvalue weighted by molar-refractivity contribution is 0.397. The highest BCUT2D eigenvalue weighted by Crippen LogP contribution is 2.20. The third-order valence-corrected chi connectivity index (χ3v) is 4.81. The fourth-order valence-electron chi connectivity index (χ4n) is 1.52. The van der Waals surface area contributed by atoms with Gasteiger partial charge in [0, 0.05) is 19.2 Å². The van der Waals surface area contributed by atoms with E-state index in [1.807, 2.05) is 24.3 Å². The molecule has 0 heterocycles. The fraction of sp³-hybridized carbons (Fsp3) is 0.500. The van der Waals surface area contributed by atoms with Crippen LogP contribution < -0.4 is 4.74 Å². The van der Waals surface area contributed by atoms with E-state index >= 15 is 0 Å². The highest BCUT2D eigenvalue weighted by molar-refractivity contribution is 7.89. The highest BCUT2D eigenvalue weighted by Gasteiger charge is 2.22. The van der Waals surface area contributed by atoms with E-state index in [1.165, 1.54) is 4.31 Å². The second-order valence-electron chi connectivity index (χ2n) is 4.16. The van der Waals surface area contributed by atoms with Crippen LogP contribution in [-0.4, -0.2) is 32.1 Å². The standard InChI is InChI=1S/C12H19NO3S/c1-10(2)17(14,15)13(3)9-11-7-5-6-8-12(11)16-4/h5-8,10H,9H2,1-4H3. The topological polar surface area (TPSA) is 46.6 Å². The molecule has 1 aromatic carbocycles. The quantitative estimate of drug-likeness (QED) is 0.809. The van der Waals surface area contributed by atoms with E-state index in [9.17, 15) is 8.42 Å². The van der Waals surface area contributed by atoms with Crippen LogP contribution in [0.4, 0.5) is 0 Å². The van der Waals surface area contributed by atoms with Gasteiger partial charge in [-0.25, -0.2) is 12.7 Å². The molecule has 0 spiro atoms. The Labute approximate surface area is 103 Å². The first kappa shape index (κ1) is 14.0. The van der Waals surface area contributed by atoms with Gasteiger partial charge in [-0.05, 0) is 19.9 Å². The van der Waals surface area contributed by atoms with Crippen LogP contribution in [0, 0.1) is 0 Å². The SMILES string of the molecule is COc1ccccc1CN(C)S(=O)(=O)C(C)C. The summed E-state index contributed by atoms with van der Waals surface area (Å²) in [5.74, 6) is 0.707. The van der Waals surface area contributed by atoms with Gasteiger partial charge < -0.3 is 4.74 Å². The van der Waals surface area contributed by atoms with E-state index < -0.39 is 15.3 Å². The number of benzene rings is 1. The summed E-state index contributed by atoms with van der Waals surface area (Å²) in [7, 11) is -0.0581. The molecule has 0 unspecified atom stereocenters. The largest absolute Gasteiger partial charge is 0.496 e. The molecule has 5 heteroatoms. The zero-order valence-corrected chi connectivity index (χ0v) is 11.5. The van der Waals surface area contributed by atoms with Crippen molar-refractivity contribution in [2.45, 2.75) is 25.6 Å². The molecule has 96 valence electrons. The van der Waals surface area contributed by atoms with Gasteiger partial charge >= 0.3 is 0 Å². The number of hydrogen-bond donors (Lipinski definition) is 0. The lowest BCUT2D eigenvalue weighted by atomic mass is 10.2. The normalized spacial score (nSPS) is 12.1. The smallest absolute Gasteiger partial charge is 0.216 e. The molecular weight excluding hydrogens is 238 g/mol. The third-order valence-electron chi connectivity index (χ3n) is 2.62. The maximum Gasteiger partial charge on any atom is 0.216 e. The minimum atomic E-state index is -3.22. The Hall–Kier alpha value is -1.07. The van der Waals surface area contributed by atoms with Gasteiger partial charge in [-0.3, -0.25) is 0 Å². The average Bonchev–Trinajstić information content (AvgIpc) is 2.29. The molecule has 0 amide bonds. The van der Waals surface area contributed by atoms with Gasteiger partial charge in [-0.2, -0.15) is 0 Å². The van der Waals surface area contributed by atoms with E-state index in [2.05, 4.69) is 0 Å². The first-order valence-electron chi connectivity index (χ1n) is 5.46. The Bertz CT molecular complexity index is 468. The average molecular weight is 257 g/mol. The van der Waals surface area contributed by atoms with Crippen molar-refractivity contribution in [3.05, 3.63) is 29.8 Å². The molecule has 0 aliphatic heterocycles. The van der Waals surface area contributed by atoms with Gasteiger partial charge in [-0.15, -0.1) is 0 Å². The van der Waals surface area contributed by atoms with Gasteiger partial charge in [0.25, 0.3) is 0 Å². The fourth-order valence-corrected chi connectivity index (χ4v) is 2.56. The summed E-state index contributed by atoms with van der Waals surface area (Å²) in [5, 5.41) is -0.415. The molecule has 17 heavy (non-hydrogen) atoms. The van der Waals surface area contributed by atoms with Crippen LogP contribution in [0.15, 0.2) is 24.3 Å². The monoisotopic (exact) mass is 257 g/mol. The molecule has 0 fully saturated rings. The van der Waals surface area contributed by atoms with Crippen LogP contribution in [0.25, 0.3) is 0 Å². The van der Waals surface area contributed by atoms with Gasteiger partial charge in [0.1, 0.15) is 5.75 Å². The molecule has 1 aromatic rings. The molecule has 0 bridgehead atoms. The van der Waals surface area contributed by atoms with E-state index in [4.69, 9.17) is 4.74 Å². The van der Waals surface area contributed by atoms with E-state index in [0.717, 1.165) is 5.56 Å². The van der Waals surface area contributed by atoms with Crippen molar-refractivity contribution in [2.24, 2.45) is 0 Å². The predicted molar refractivity (Wildman–Crippen MR) is 68.5 cm³/mol. The molecule has 0 radical (unpaired) electrons. The van der Waals surface area contributed by atoms with E-state index in [0.29, 0.717) is 12.3 Å². The van der Waals surface area contributed by atoms with Gasteiger partial charge in [0.2, 0.25) is 10.0 Å². The van der Waals surface area contributed by atoms with Crippen LogP contribution >= 0.6 is 0 Å². The number of hydrogen-bond acceptors (Lipinski definition) is 3. The molecule has 4 nitrogen and oxygen atoms in total. The predicted octanol–water partition coefficient (Wildman–Crippen LogP) is 1.87. The summed E-state index contributed by atoms with van der Waals surface area (Å²) >= 11 is 0. The maximum absolute atomic E-state index is 11.9. The number of sulfonamides is 1. The second-order valence-corrected chi connectivity index (χ2v) is 6.76. The molecule has 0 N–H and O–H groups in total. The van der Waals surface area contributed by atoms with Crippen LogP contribution in [-0.2, 0) is 16.6 Å². The Kier molecular flexibility index (Phi) is 4.54. The van der Waals surface area contributed by atoms with Crippen LogP contribution in [0.1, 0.15) is 19.4 Å². The summed E-state index contributed by atoms with van der Waals surface area (Å²) in [5.41, 5.74) is 0.863. The molecule has 0 saturated heterocycles. The summed E-state index contributed by atoms with van der Waals surface area (Å²) < 4.78 is 30.4. The molecule has 0 aliphatic rings. The second kappa shape index (κ2) is 5.51. The van der Waals surface area contributed by atoms with Crippen molar-refractivity contribution in [3.63, 3.8) is 0 Å². The number of ether oxygens (including phenoxy) is 1. The van der Waals surface area contributed by atoms with Crippen molar-refractivity contribution in [3.8, 4) is 5.75 Å². The Morgan fingerprint density at radius 1 is 1.29 bits per heavy atom.